The zero-order valence-electron chi connectivity index (χ0n) is 7.86. The van der Waals surface area contributed by atoms with Gasteiger partial charge in [-0.3, -0.25) is 0 Å². The number of hydrogen-bond acceptors (Lipinski definition) is 3. The van der Waals surface area contributed by atoms with Crippen molar-refractivity contribution in [3.8, 4) is 0 Å². The smallest absolute Gasteiger partial charge is 0.407 e. The molecule has 1 amide bonds. The molecule has 1 unspecified atom stereocenters. The van der Waals surface area contributed by atoms with Crippen LogP contribution in [0.3, 0.4) is 0 Å². The number of ether oxygens (including phenoxy) is 1. The third-order valence-electron chi connectivity index (χ3n) is 1.28. The molecule has 13 heavy (non-hydrogen) atoms. The second-order valence-electron chi connectivity index (χ2n) is 2.51. The van der Waals surface area contributed by atoms with E-state index in [1.165, 1.54) is 0 Å². The molecule has 0 fully saturated rings. The van der Waals surface area contributed by atoms with Gasteiger partial charge in [0.1, 0.15) is 6.17 Å². The molecule has 0 aliphatic heterocycles. The minimum atomic E-state index is -0.570. The van der Waals surface area contributed by atoms with Crippen LogP contribution in [0.5, 0.6) is 0 Å². The number of amides is 1. The molecule has 0 bridgehead atoms. The maximum Gasteiger partial charge on any atom is 0.407 e. The molecule has 0 heterocycles. The Hall–Kier alpha value is -1.42. The van der Waals surface area contributed by atoms with Crippen LogP contribution in [0.1, 0.15) is 26.7 Å². The summed E-state index contributed by atoms with van der Waals surface area (Å²) < 4.78 is 4.77. The Labute approximate surface area is 76.9 Å². The first-order chi connectivity index (χ1) is 6.20. The minimum absolute atomic E-state index is 0.394. The van der Waals surface area contributed by atoms with Crippen molar-refractivity contribution in [2.45, 2.75) is 32.9 Å². The summed E-state index contributed by atoms with van der Waals surface area (Å²) >= 11 is 0. The summed E-state index contributed by atoms with van der Waals surface area (Å²) in [6.45, 7) is 3.97. The van der Waals surface area contributed by atoms with E-state index in [9.17, 15) is 4.79 Å². The molecule has 1 N–H and O–H groups in total. The summed E-state index contributed by atoms with van der Waals surface area (Å²) in [5, 5.41) is 5.62. The zero-order chi connectivity index (χ0) is 10.1. The van der Waals surface area contributed by atoms with Crippen LogP contribution in [-0.2, 0) is 4.74 Å². The molecule has 0 aromatic heterocycles. The predicted octanol–water partition coefficient (Wildman–Crippen LogP) is 2.17. The van der Waals surface area contributed by atoms with Crippen LogP contribution in [0.2, 0.25) is 0 Å². The molecule has 0 aliphatic rings. The van der Waals surface area contributed by atoms with Crippen molar-refractivity contribution in [2.75, 3.05) is 6.61 Å². The molecule has 74 valence electrons. The summed E-state index contributed by atoms with van der Waals surface area (Å²) in [6.07, 6.45) is 0.690. The van der Waals surface area contributed by atoms with Gasteiger partial charge in [0.2, 0.25) is 0 Å². The second kappa shape index (κ2) is 7.24. The van der Waals surface area contributed by atoms with E-state index in [4.69, 9.17) is 10.3 Å². The van der Waals surface area contributed by atoms with Crippen LogP contribution in [0, 0.1) is 0 Å². The topological polar surface area (TPSA) is 87.1 Å². The van der Waals surface area contributed by atoms with Gasteiger partial charge in [-0.1, -0.05) is 18.5 Å². The Balaban J connectivity index is 3.55. The highest BCUT2D eigenvalue weighted by Gasteiger charge is 2.04. The Morgan fingerprint density at radius 2 is 2.46 bits per heavy atom. The van der Waals surface area contributed by atoms with Crippen molar-refractivity contribution in [2.24, 2.45) is 5.11 Å². The van der Waals surface area contributed by atoms with E-state index in [2.05, 4.69) is 15.3 Å². The lowest BCUT2D eigenvalue weighted by Crippen LogP contribution is -2.31. The van der Waals surface area contributed by atoms with Crippen LogP contribution >= 0.6 is 0 Å². The molecule has 0 aromatic rings. The molecule has 6 heteroatoms. The lowest BCUT2D eigenvalue weighted by Gasteiger charge is -2.08. The second-order valence-corrected chi connectivity index (χ2v) is 2.51. The Morgan fingerprint density at radius 1 is 1.77 bits per heavy atom. The van der Waals surface area contributed by atoms with E-state index >= 15 is 0 Å². The van der Waals surface area contributed by atoms with Gasteiger partial charge in [-0.15, -0.1) is 0 Å². The third kappa shape index (κ3) is 6.96. The molecule has 0 rings (SSSR count). The van der Waals surface area contributed by atoms with E-state index in [1.54, 1.807) is 6.92 Å². The molecular weight excluding hydrogens is 172 g/mol. The molecule has 6 nitrogen and oxygen atoms in total. The third-order valence-corrected chi connectivity index (χ3v) is 1.28. The molecule has 0 aromatic carbocycles. The van der Waals surface area contributed by atoms with Crippen molar-refractivity contribution in [3.63, 3.8) is 0 Å². The number of carbonyl (C=O) groups is 1. The zero-order valence-corrected chi connectivity index (χ0v) is 7.86. The summed E-state index contributed by atoms with van der Waals surface area (Å²) in [7, 11) is 0. The van der Waals surface area contributed by atoms with Crippen molar-refractivity contribution < 1.29 is 9.53 Å². The van der Waals surface area contributed by atoms with Crippen LogP contribution in [0.15, 0.2) is 5.11 Å². The van der Waals surface area contributed by atoms with Gasteiger partial charge < -0.3 is 10.1 Å². The molecule has 0 saturated carbocycles. The number of nitrogens with zero attached hydrogens (tertiary/aromatic N) is 3. The number of azide groups is 1. The van der Waals surface area contributed by atoms with Crippen molar-refractivity contribution >= 4 is 6.09 Å². The quantitative estimate of drug-likeness (QED) is 0.308. The van der Waals surface area contributed by atoms with Gasteiger partial charge in [-0.05, 0) is 18.9 Å². The number of alkyl carbamates (subject to hydrolysis) is 1. The van der Waals surface area contributed by atoms with E-state index in [1.807, 2.05) is 6.92 Å². The summed E-state index contributed by atoms with van der Waals surface area (Å²) in [5.74, 6) is 0. The van der Waals surface area contributed by atoms with Crippen LogP contribution < -0.4 is 5.32 Å². The first kappa shape index (κ1) is 11.6. The lowest BCUT2D eigenvalue weighted by molar-refractivity contribution is 0.141. The molecule has 0 saturated heterocycles. The fourth-order valence-electron chi connectivity index (χ4n) is 0.628. The SMILES string of the molecule is CCCCOC(=O)NC(C)N=[N+]=[N-]. The highest BCUT2D eigenvalue weighted by atomic mass is 16.5. The monoisotopic (exact) mass is 186 g/mol. The van der Waals surface area contributed by atoms with Crippen molar-refractivity contribution in [1.29, 1.82) is 0 Å². The lowest BCUT2D eigenvalue weighted by atomic mass is 10.4. The van der Waals surface area contributed by atoms with Crippen molar-refractivity contribution in [3.05, 3.63) is 10.4 Å². The van der Waals surface area contributed by atoms with E-state index in [0.29, 0.717) is 6.61 Å². The standard InChI is InChI=1S/C7H14N4O2/c1-3-4-5-13-7(12)9-6(2)10-11-8/h6H,3-5H2,1-2H3,(H,9,12). The Morgan fingerprint density at radius 3 is 3.00 bits per heavy atom. The fraction of sp³-hybridized carbons (Fsp3) is 0.857. The number of carbonyl (C=O) groups excluding carboxylic acids is 1. The van der Waals surface area contributed by atoms with Crippen molar-refractivity contribution in [1.82, 2.24) is 5.32 Å². The summed E-state index contributed by atoms with van der Waals surface area (Å²) in [4.78, 5) is 13.4. The van der Waals surface area contributed by atoms with Gasteiger partial charge in [-0.25, -0.2) is 4.79 Å². The molecular formula is C7H14N4O2. The molecule has 0 spiro atoms. The summed E-state index contributed by atoms with van der Waals surface area (Å²) in [6, 6.07) is 0. The van der Waals surface area contributed by atoms with Gasteiger partial charge in [0.15, 0.2) is 0 Å². The van der Waals surface area contributed by atoms with Crippen LogP contribution in [0.4, 0.5) is 4.79 Å². The van der Waals surface area contributed by atoms with E-state index in [0.717, 1.165) is 12.8 Å². The minimum Gasteiger partial charge on any atom is -0.450 e. The molecule has 0 aliphatic carbocycles. The van der Waals surface area contributed by atoms with E-state index in [-0.39, 0.29) is 0 Å². The maximum atomic E-state index is 10.9. The molecule has 1 atom stereocenters. The predicted molar refractivity (Wildman–Crippen MR) is 48.0 cm³/mol. The van der Waals surface area contributed by atoms with E-state index < -0.39 is 12.3 Å². The van der Waals surface area contributed by atoms with Gasteiger partial charge in [-0.2, -0.15) is 0 Å². The van der Waals surface area contributed by atoms with Crippen LogP contribution in [0.25, 0.3) is 10.4 Å². The highest BCUT2D eigenvalue weighted by Crippen LogP contribution is 1.90. The maximum absolute atomic E-state index is 10.9. The number of rotatable bonds is 5. The molecule has 0 radical (unpaired) electrons. The van der Waals surface area contributed by atoms with Gasteiger partial charge >= 0.3 is 6.09 Å². The Kier molecular flexibility index (Phi) is 6.45. The number of nitrogens with one attached hydrogen (secondary N) is 1. The largest absolute Gasteiger partial charge is 0.450 e. The fourth-order valence-corrected chi connectivity index (χ4v) is 0.628. The normalized spacial score (nSPS) is 11.2. The number of hydrogen-bond donors (Lipinski definition) is 1. The van der Waals surface area contributed by atoms with Gasteiger partial charge in [0.25, 0.3) is 0 Å². The average molecular weight is 186 g/mol. The van der Waals surface area contributed by atoms with Gasteiger partial charge in [0.05, 0.1) is 6.61 Å². The number of unbranched alkanes of at least 4 members (excludes halogenated alkanes) is 1. The first-order valence-electron chi connectivity index (χ1n) is 4.18. The summed E-state index contributed by atoms with van der Waals surface area (Å²) in [5.41, 5.74) is 8.03. The Bertz CT molecular complexity index is 201. The average Bonchev–Trinajstić information content (AvgIpc) is 2.05. The first-order valence-corrected chi connectivity index (χ1v) is 4.18. The van der Waals surface area contributed by atoms with Crippen LogP contribution in [-0.4, -0.2) is 18.9 Å². The highest BCUT2D eigenvalue weighted by molar-refractivity contribution is 5.67. The van der Waals surface area contributed by atoms with Gasteiger partial charge in [0, 0.05) is 4.91 Å².